The van der Waals surface area contributed by atoms with E-state index in [0.717, 1.165) is 28.6 Å². The summed E-state index contributed by atoms with van der Waals surface area (Å²) in [6, 6.07) is 15.3. The van der Waals surface area contributed by atoms with E-state index in [2.05, 4.69) is 15.1 Å². The largest absolute Gasteiger partial charge is 0.511 e. The number of carbonyl (C=O) groups excluding carboxylic acids is 2. The number of halogens is 1. The number of carbonyl (C=O) groups is 2. The first-order valence-electron chi connectivity index (χ1n) is 13.3. The molecule has 0 aliphatic carbocycles. The van der Waals surface area contributed by atoms with Crippen LogP contribution in [0, 0.1) is 0 Å². The molecule has 3 aromatic heterocycles. The lowest BCUT2D eigenvalue weighted by molar-refractivity contribution is -0.0349. The van der Waals surface area contributed by atoms with Crippen molar-refractivity contribution in [1.82, 2.24) is 24.3 Å². The molecule has 42 heavy (non-hydrogen) atoms. The molecule has 0 aliphatic rings. The zero-order valence-corrected chi connectivity index (χ0v) is 23.9. The molecule has 0 unspecified atom stereocenters. The predicted octanol–water partition coefficient (Wildman–Crippen LogP) is 5.50. The van der Waals surface area contributed by atoms with Crippen LogP contribution in [0.3, 0.4) is 0 Å². The number of hydrogen-bond donors (Lipinski definition) is 1. The van der Waals surface area contributed by atoms with E-state index < -0.39 is 24.7 Å². The summed E-state index contributed by atoms with van der Waals surface area (Å²) in [4.78, 5) is 43.4. The van der Waals surface area contributed by atoms with Gasteiger partial charge in [0.25, 0.3) is 0 Å². The van der Waals surface area contributed by atoms with E-state index in [1.807, 2.05) is 66.2 Å². The van der Waals surface area contributed by atoms with Crippen LogP contribution >= 0.6 is 11.6 Å². The van der Waals surface area contributed by atoms with Crippen molar-refractivity contribution in [2.24, 2.45) is 0 Å². The third-order valence-electron chi connectivity index (χ3n) is 6.38. The molecule has 0 fully saturated rings. The zero-order chi connectivity index (χ0) is 29.8. The Morgan fingerprint density at radius 3 is 2.64 bits per heavy atom. The molecule has 5 rings (SSSR count). The Morgan fingerprint density at radius 2 is 1.90 bits per heavy atom. The second-order valence-corrected chi connectivity index (χ2v) is 9.97. The minimum Gasteiger partial charge on any atom is -0.431 e. The van der Waals surface area contributed by atoms with Gasteiger partial charge in [0, 0.05) is 23.6 Å². The number of para-hydroxylation sites is 1. The number of H-pyrrole nitrogens is 1. The summed E-state index contributed by atoms with van der Waals surface area (Å²) in [5.74, 6) is -0.494. The molecule has 5 aromatic rings. The number of hydrogen-bond acceptors (Lipinski definition) is 9. The number of aryl methyl sites for hydroxylation is 1. The van der Waals surface area contributed by atoms with Gasteiger partial charge in [0.1, 0.15) is 5.82 Å². The van der Waals surface area contributed by atoms with Gasteiger partial charge in [-0.15, -0.1) is 0 Å². The molecule has 0 bridgehead atoms. The van der Waals surface area contributed by atoms with Crippen LogP contribution in [0.4, 0.5) is 4.79 Å². The van der Waals surface area contributed by atoms with Gasteiger partial charge in [0.2, 0.25) is 6.79 Å². The minimum atomic E-state index is -0.947. The fraction of sp³-hybridized carbons (Fsp3) is 0.276. The standard InChI is InChI=1S/C29H28ClN5O7/c1-4-8-23-31-25(30)24(27(36)39-16-40-29(38)41-17(2)3)35(23)15-18-9-7-12-21-19(18)13-14-34(21)22-11-6-5-10-20(22)26-32-28(37)42-33-26/h5-7,9-14,17H,4,8,15-16H2,1-3H3,(H,32,33,37). The van der Waals surface area contributed by atoms with Crippen LogP contribution in [0.5, 0.6) is 0 Å². The quantitative estimate of drug-likeness (QED) is 0.164. The van der Waals surface area contributed by atoms with E-state index in [1.165, 1.54) is 0 Å². The maximum absolute atomic E-state index is 13.1. The van der Waals surface area contributed by atoms with Crippen molar-refractivity contribution in [2.75, 3.05) is 6.79 Å². The Morgan fingerprint density at radius 1 is 1.10 bits per heavy atom. The molecular formula is C29H28ClN5O7. The summed E-state index contributed by atoms with van der Waals surface area (Å²) in [6.07, 6.45) is 1.94. The van der Waals surface area contributed by atoms with Crippen LogP contribution in [0.2, 0.25) is 5.15 Å². The molecule has 1 N–H and O–H groups in total. The second kappa shape index (κ2) is 12.4. The molecule has 0 saturated heterocycles. The maximum atomic E-state index is 13.1. The van der Waals surface area contributed by atoms with Gasteiger partial charge < -0.3 is 23.3 Å². The van der Waals surface area contributed by atoms with Gasteiger partial charge in [-0.25, -0.2) is 19.4 Å². The average Bonchev–Trinajstić information content (AvgIpc) is 3.66. The number of benzene rings is 2. The summed E-state index contributed by atoms with van der Waals surface area (Å²) in [7, 11) is 0. The average molecular weight is 594 g/mol. The topological polar surface area (TPSA) is 143 Å². The lowest BCUT2D eigenvalue weighted by Crippen LogP contribution is -2.19. The molecule has 13 heteroatoms. The SMILES string of the molecule is CCCc1nc(Cl)c(C(=O)OCOC(=O)OC(C)C)n1Cc1cccc2c1ccn2-c1ccccc1-c1noc(=O)[nH]1. The van der Waals surface area contributed by atoms with Crippen molar-refractivity contribution in [3.63, 3.8) is 0 Å². The van der Waals surface area contributed by atoms with Crippen LogP contribution < -0.4 is 5.76 Å². The van der Waals surface area contributed by atoms with Crippen molar-refractivity contribution in [3.8, 4) is 17.1 Å². The van der Waals surface area contributed by atoms with Crippen LogP contribution in [0.15, 0.2) is 64.0 Å². The molecule has 3 heterocycles. The van der Waals surface area contributed by atoms with Crippen molar-refractivity contribution in [2.45, 2.75) is 46.3 Å². The third kappa shape index (κ3) is 5.93. The lowest BCUT2D eigenvalue weighted by atomic mass is 10.1. The summed E-state index contributed by atoms with van der Waals surface area (Å²) in [5.41, 5.74) is 3.30. The number of esters is 1. The molecule has 0 spiro atoms. The number of aromatic amines is 1. The van der Waals surface area contributed by atoms with Gasteiger partial charge in [-0.1, -0.05) is 47.9 Å². The monoisotopic (exact) mass is 593 g/mol. The minimum absolute atomic E-state index is 0.00603. The number of rotatable bonds is 10. The Balaban J connectivity index is 1.48. The number of nitrogens with zero attached hydrogens (tertiary/aromatic N) is 4. The third-order valence-corrected chi connectivity index (χ3v) is 6.64. The molecular weight excluding hydrogens is 566 g/mol. The first-order valence-corrected chi connectivity index (χ1v) is 13.6. The van der Waals surface area contributed by atoms with E-state index in [-0.39, 0.29) is 23.5 Å². The van der Waals surface area contributed by atoms with E-state index in [0.29, 0.717) is 23.6 Å². The fourth-order valence-electron chi connectivity index (χ4n) is 4.65. The summed E-state index contributed by atoms with van der Waals surface area (Å²) >= 11 is 6.43. The van der Waals surface area contributed by atoms with Gasteiger partial charge in [0.05, 0.1) is 23.9 Å². The Labute approximate surface area is 244 Å². The first kappa shape index (κ1) is 28.7. The summed E-state index contributed by atoms with van der Waals surface area (Å²) in [5, 5.41) is 4.77. The molecule has 0 saturated carbocycles. The Kier molecular flexibility index (Phi) is 8.43. The van der Waals surface area contributed by atoms with E-state index in [4.69, 9.17) is 30.3 Å². The molecule has 12 nitrogen and oxygen atoms in total. The molecule has 0 atom stereocenters. The highest BCUT2D eigenvalue weighted by Crippen LogP contribution is 2.30. The number of ether oxygens (including phenoxy) is 3. The fourth-order valence-corrected chi connectivity index (χ4v) is 4.93. The van der Waals surface area contributed by atoms with Crippen LogP contribution in [0.25, 0.3) is 28.0 Å². The highest BCUT2D eigenvalue weighted by Gasteiger charge is 2.25. The number of imidazole rings is 1. The zero-order valence-electron chi connectivity index (χ0n) is 23.1. The summed E-state index contributed by atoms with van der Waals surface area (Å²) in [6.45, 7) is 4.98. The normalized spacial score (nSPS) is 11.3. The van der Waals surface area contributed by atoms with Gasteiger partial charge in [0.15, 0.2) is 16.7 Å². The molecule has 0 radical (unpaired) electrons. The highest BCUT2D eigenvalue weighted by atomic mass is 35.5. The van der Waals surface area contributed by atoms with E-state index in [9.17, 15) is 14.4 Å². The Bertz CT molecular complexity index is 1800. The molecule has 0 amide bonds. The van der Waals surface area contributed by atoms with E-state index in [1.54, 1.807) is 18.4 Å². The van der Waals surface area contributed by atoms with Crippen molar-refractivity contribution >= 4 is 34.6 Å². The van der Waals surface area contributed by atoms with E-state index >= 15 is 0 Å². The van der Waals surface area contributed by atoms with Gasteiger partial charge in [-0.2, -0.15) is 0 Å². The van der Waals surface area contributed by atoms with Crippen molar-refractivity contribution in [3.05, 3.63) is 87.5 Å². The smallest absolute Gasteiger partial charge is 0.431 e. The van der Waals surface area contributed by atoms with Gasteiger partial charge >= 0.3 is 17.9 Å². The highest BCUT2D eigenvalue weighted by molar-refractivity contribution is 6.32. The lowest BCUT2D eigenvalue weighted by Gasteiger charge is -2.14. The number of nitrogens with one attached hydrogen (secondary N) is 1. The van der Waals surface area contributed by atoms with Crippen molar-refractivity contribution in [1.29, 1.82) is 0 Å². The molecule has 0 aliphatic heterocycles. The summed E-state index contributed by atoms with van der Waals surface area (Å²) < 4.78 is 23.3. The predicted molar refractivity (Wildman–Crippen MR) is 153 cm³/mol. The first-order chi connectivity index (χ1) is 20.3. The van der Waals surface area contributed by atoms with Crippen LogP contribution in [-0.4, -0.2) is 49.3 Å². The maximum Gasteiger partial charge on any atom is 0.511 e. The number of fused-ring (bicyclic) bond motifs is 1. The number of aromatic nitrogens is 5. The molecule has 218 valence electrons. The van der Waals surface area contributed by atoms with Crippen LogP contribution in [0.1, 0.15) is 49.1 Å². The van der Waals surface area contributed by atoms with Crippen molar-refractivity contribution < 1.29 is 28.3 Å². The second-order valence-electron chi connectivity index (χ2n) is 9.61. The van der Waals surface area contributed by atoms with Gasteiger partial charge in [-0.05, 0) is 50.1 Å². The Hall–Kier alpha value is -4.84. The van der Waals surface area contributed by atoms with Crippen LogP contribution in [-0.2, 0) is 27.2 Å². The van der Waals surface area contributed by atoms with Gasteiger partial charge in [-0.3, -0.25) is 9.51 Å². The molecule has 2 aromatic carbocycles.